The van der Waals surface area contributed by atoms with Gasteiger partial charge in [0, 0.05) is 31.7 Å². The number of aromatic nitrogens is 2. The fraction of sp³-hybridized carbons (Fsp3) is 0.429. The molecule has 3 N–H and O–H groups in total. The van der Waals surface area contributed by atoms with Crippen molar-refractivity contribution in [3.8, 4) is 0 Å². The van der Waals surface area contributed by atoms with E-state index < -0.39 is 6.17 Å². The van der Waals surface area contributed by atoms with Gasteiger partial charge in [-0.25, -0.2) is 9.18 Å². The van der Waals surface area contributed by atoms with Gasteiger partial charge in [0.15, 0.2) is 0 Å². The van der Waals surface area contributed by atoms with Crippen molar-refractivity contribution in [2.75, 3.05) is 13.1 Å². The van der Waals surface area contributed by atoms with Gasteiger partial charge in [0.2, 0.25) is 0 Å². The van der Waals surface area contributed by atoms with Crippen LogP contribution in [0.1, 0.15) is 16.8 Å². The number of hydrogen-bond acceptors (Lipinski definition) is 3. The number of carbonyl (C=O) groups excluding carboxylic acids is 1. The molecule has 0 saturated carbocycles. The summed E-state index contributed by atoms with van der Waals surface area (Å²) < 4.78 is 14.5. The minimum Gasteiger partial charge on any atom is -0.350 e. The summed E-state index contributed by atoms with van der Waals surface area (Å²) in [6.45, 7) is 0.737. The molecular weight excluding hydrogens is 275 g/mol. The second kappa shape index (κ2) is 5.33. The number of amides is 1. The van der Waals surface area contributed by atoms with Gasteiger partial charge < -0.3 is 15.6 Å². The number of nitrogens with one attached hydrogen (secondary N) is 3. The molecule has 6 nitrogen and oxygen atoms in total. The number of halogens is 1. The molecule has 1 aromatic heterocycles. The quantitative estimate of drug-likeness (QED) is 0.761. The van der Waals surface area contributed by atoms with E-state index in [4.69, 9.17) is 0 Å². The van der Waals surface area contributed by atoms with Crippen molar-refractivity contribution in [3.63, 3.8) is 0 Å². The molecule has 21 heavy (non-hydrogen) atoms. The molecule has 0 unspecified atom stereocenters. The molecule has 2 atom stereocenters. The standard InChI is InChI=1S/C14H17FN4O2/c1-19-12-4-8(2-3-11(12)18-14(19)21)13(20)17-7-10-5-9(15)6-16-10/h2-4,9-10,16H,5-7H2,1H3,(H,17,20)(H,18,21)/t9-,10-/m0/s1. The zero-order valence-electron chi connectivity index (χ0n) is 11.6. The Morgan fingerprint density at radius 2 is 2.33 bits per heavy atom. The number of nitrogens with zero attached hydrogens (tertiary/aromatic N) is 1. The Bertz CT molecular complexity index is 736. The van der Waals surface area contributed by atoms with E-state index in [2.05, 4.69) is 15.6 Å². The van der Waals surface area contributed by atoms with Gasteiger partial charge in [0.05, 0.1) is 11.0 Å². The zero-order chi connectivity index (χ0) is 15.0. The molecule has 2 aromatic rings. The van der Waals surface area contributed by atoms with Crippen LogP contribution in [0.15, 0.2) is 23.0 Å². The molecule has 1 saturated heterocycles. The first-order valence-corrected chi connectivity index (χ1v) is 6.89. The average molecular weight is 292 g/mol. The lowest BCUT2D eigenvalue weighted by Crippen LogP contribution is -2.37. The average Bonchev–Trinajstić information content (AvgIpc) is 3.01. The van der Waals surface area contributed by atoms with E-state index in [1.165, 1.54) is 4.57 Å². The predicted octanol–water partition coefficient (Wildman–Crippen LogP) is 0.296. The van der Waals surface area contributed by atoms with Crippen LogP contribution >= 0.6 is 0 Å². The Kier molecular flexibility index (Phi) is 3.50. The van der Waals surface area contributed by atoms with Crippen molar-refractivity contribution in [1.82, 2.24) is 20.2 Å². The monoisotopic (exact) mass is 292 g/mol. The van der Waals surface area contributed by atoms with E-state index in [-0.39, 0.29) is 17.6 Å². The molecule has 112 valence electrons. The van der Waals surface area contributed by atoms with Gasteiger partial charge in [0.25, 0.3) is 5.91 Å². The predicted molar refractivity (Wildman–Crippen MR) is 77.2 cm³/mol. The van der Waals surface area contributed by atoms with Crippen molar-refractivity contribution in [2.45, 2.75) is 18.6 Å². The number of alkyl halides is 1. The van der Waals surface area contributed by atoms with Crippen LogP contribution in [0.4, 0.5) is 4.39 Å². The number of rotatable bonds is 3. The van der Waals surface area contributed by atoms with Crippen LogP contribution in [-0.2, 0) is 7.05 Å². The first-order chi connectivity index (χ1) is 10.0. The lowest BCUT2D eigenvalue weighted by atomic mass is 10.1. The topological polar surface area (TPSA) is 78.9 Å². The summed E-state index contributed by atoms with van der Waals surface area (Å²) in [7, 11) is 1.65. The number of benzene rings is 1. The highest BCUT2D eigenvalue weighted by atomic mass is 19.1. The second-order valence-electron chi connectivity index (χ2n) is 5.37. The molecule has 7 heteroatoms. The Morgan fingerprint density at radius 1 is 1.52 bits per heavy atom. The molecule has 0 spiro atoms. The van der Waals surface area contributed by atoms with Crippen molar-refractivity contribution in [3.05, 3.63) is 34.2 Å². The zero-order valence-corrected chi connectivity index (χ0v) is 11.6. The van der Waals surface area contributed by atoms with Crippen LogP contribution in [0.2, 0.25) is 0 Å². The van der Waals surface area contributed by atoms with E-state index >= 15 is 0 Å². The summed E-state index contributed by atoms with van der Waals surface area (Å²) in [5, 5.41) is 5.80. The maximum atomic E-state index is 13.0. The number of H-pyrrole nitrogens is 1. The third-order valence-electron chi connectivity index (χ3n) is 3.84. The van der Waals surface area contributed by atoms with Gasteiger partial charge in [-0.3, -0.25) is 9.36 Å². The van der Waals surface area contributed by atoms with Gasteiger partial charge in [0.1, 0.15) is 6.17 Å². The minimum atomic E-state index is -0.836. The Labute approximate surface area is 120 Å². The van der Waals surface area contributed by atoms with Crippen LogP contribution in [0.3, 0.4) is 0 Å². The van der Waals surface area contributed by atoms with Crippen LogP contribution in [-0.4, -0.2) is 40.8 Å². The Hall–Kier alpha value is -2.15. The smallest absolute Gasteiger partial charge is 0.326 e. The first-order valence-electron chi connectivity index (χ1n) is 6.89. The fourth-order valence-electron chi connectivity index (χ4n) is 2.61. The number of aromatic amines is 1. The van der Waals surface area contributed by atoms with Crippen molar-refractivity contribution < 1.29 is 9.18 Å². The third-order valence-corrected chi connectivity index (χ3v) is 3.84. The minimum absolute atomic E-state index is 0.0238. The number of hydrogen-bond donors (Lipinski definition) is 3. The lowest BCUT2D eigenvalue weighted by Gasteiger charge is -2.11. The van der Waals surface area contributed by atoms with Gasteiger partial charge >= 0.3 is 5.69 Å². The molecule has 1 fully saturated rings. The summed E-state index contributed by atoms with van der Waals surface area (Å²) in [5.74, 6) is -0.227. The highest BCUT2D eigenvalue weighted by Crippen LogP contribution is 2.13. The molecule has 0 aliphatic carbocycles. The van der Waals surface area contributed by atoms with Gasteiger partial charge in [-0.1, -0.05) is 0 Å². The summed E-state index contributed by atoms with van der Waals surface area (Å²) in [5.41, 5.74) is 1.63. The largest absolute Gasteiger partial charge is 0.350 e. The summed E-state index contributed by atoms with van der Waals surface area (Å²) in [6, 6.07) is 5.01. The molecule has 0 bridgehead atoms. The van der Waals surface area contributed by atoms with Gasteiger partial charge in [-0.15, -0.1) is 0 Å². The maximum Gasteiger partial charge on any atom is 0.326 e. The van der Waals surface area contributed by atoms with Gasteiger partial charge in [-0.2, -0.15) is 0 Å². The van der Waals surface area contributed by atoms with Gasteiger partial charge in [-0.05, 0) is 24.6 Å². The van der Waals surface area contributed by atoms with E-state index in [1.807, 2.05) is 0 Å². The number of fused-ring (bicyclic) bond motifs is 1. The highest BCUT2D eigenvalue weighted by molar-refractivity contribution is 5.97. The number of aryl methyl sites for hydroxylation is 1. The fourth-order valence-corrected chi connectivity index (χ4v) is 2.61. The Balaban J connectivity index is 1.72. The molecule has 1 aliphatic heterocycles. The molecular formula is C14H17FN4O2. The molecule has 0 radical (unpaired) electrons. The van der Waals surface area contributed by atoms with Crippen molar-refractivity contribution in [1.29, 1.82) is 0 Å². The lowest BCUT2D eigenvalue weighted by molar-refractivity contribution is 0.0950. The Morgan fingerprint density at radius 3 is 3.05 bits per heavy atom. The number of imidazole rings is 1. The normalized spacial score (nSPS) is 21.8. The SMILES string of the molecule is Cn1c(=O)[nH]c2ccc(C(=O)NC[C@@H]3C[C@H](F)CN3)cc21. The molecule has 1 aliphatic rings. The van der Waals surface area contributed by atoms with Crippen molar-refractivity contribution >= 4 is 16.9 Å². The van der Waals surface area contributed by atoms with E-state index in [0.29, 0.717) is 36.1 Å². The van der Waals surface area contributed by atoms with Crippen molar-refractivity contribution in [2.24, 2.45) is 7.05 Å². The molecule has 1 amide bonds. The molecule has 1 aromatic carbocycles. The highest BCUT2D eigenvalue weighted by Gasteiger charge is 2.23. The summed E-state index contributed by atoms with van der Waals surface area (Å²) >= 11 is 0. The van der Waals surface area contributed by atoms with E-state index in [0.717, 1.165) is 0 Å². The van der Waals surface area contributed by atoms with E-state index in [1.54, 1.807) is 25.2 Å². The van der Waals surface area contributed by atoms with Crippen LogP contribution in [0, 0.1) is 0 Å². The molecule has 2 heterocycles. The first kappa shape index (κ1) is 13.8. The van der Waals surface area contributed by atoms with Crippen LogP contribution in [0.25, 0.3) is 11.0 Å². The summed E-state index contributed by atoms with van der Waals surface area (Å²) in [4.78, 5) is 26.3. The third kappa shape index (κ3) is 2.69. The van der Waals surface area contributed by atoms with Crippen LogP contribution in [0.5, 0.6) is 0 Å². The van der Waals surface area contributed by atoms with E-state index in [9.17, 15) is 14.0 Å². The second-order valence-corrected chi connectivity index (χ2v) is 5.37. The van der Waals surface area contributed by atoms with Crippen LogP contribution < -0.4 is 16.3 Å². The maximum absolute atomic E-state index is 13.0. The summed E-state index contributed by atoms with van der Waals surface area (Å²) in [6.07, 6.45) is -0.413. The number of carbonyl (C=O) groups is 1. The molecule has 3 rings (SSSR count).